The smallest absolute Gasteiger partial charge is 0.334 e. The lowest BCUT2D eigenvalue weighted by atomic mass is 10.1. The topological polar surface area (TPSA) is 86.6 Å². The fourth-order valence-electron chi connectivity index (χ4n) is 1.22. The van der Waals surface area contributed by atoms with Crippen LogP contribution in [0.3, 0.4) is 0 Å². The zero-order valence-electron chi connectivity index (χ0n) is 9.19. The van der Waals surface area contributed by atoms with Crippen molar-refractivity contribution in [2.45, 2.75) is 12.5 Å². The molecule has 1 atom stereocenters. The monoisotopic (exact) mass is 259 g/mol. The quantitative estimate of drug-likeness (QED) is 0.698. The molecule has 0 heterocycles. The van der Waals surface area contributed by atoms with Gasteiger partial charge in [0.25, 0.3) is 0 Å². The summed E-state index contributed by atoms with van der Waals surface area (Å²) in [6.45, 7) is -0.524. The number of aliphatic hydroxyl groups is 1. The van der Waals surface area contributed by atoms with Gasteiger partial charge >= 0.3 is 5.97 Å². The Hall–Kier alpha value is -2.02. The van der Waals surface area contributed by atoms with Crippen LogP contribution in [0.4, 0.5) is 8.78 Å². The van der Waals surface area contributed by atoms with Gasteiger partial charge < -0.3 is 15.5 Å². The second kappa shape index (κ2) is 6.06. The number of aliphatic hydroxyl groups excluding tert-OH is 1. The maximum absolute atomic E-state index is 13.2. The second-order valence-corrected chi connectivity index (χ2v) is 3.54. The van der Waals surface area contributed by atoms with Gasteiger partial charge in [0.15, 0.2) is 6.10 Å². The Morgan fingerprint density at radius 3 is 2.33 bits per heavy atom. The number of rotatable bonds is 5. The molecule has 0 aliphatic rings. The van der Waals surface area contributed by atoms with Gasteiger partial charge in [-0.25, -0.2) is 13.6 Å². The number of nitrogens with one attached hydrogen (secondary N) is 1. The van der Waals surface area contributed by atoms with E-state index in [1.807, 2.05) is 0 Å². The lowest BCUT2D eigenvalue weighted by Gasteiger charge is -2.08. The highest BCUT2D eigenvalue weighted by Crippen LogP contribution is 2.12. The van der Waals surface area contributed by atoms with Crippen molar-refractivity contribution >= 4 is 11.9 Å². The molecule has 1 amide bonds. The SMILES string of the molecule is O=C(Cc1c(F)cccc1F)NC[C@H](O)C(=O)O. The van der Waals surface area contributed by atoms with Gasteiger partial charge in [-0.3, -0.25) is 4.79 Å². The van der Waals surface area contributed by atoms with Gasteiger partial charge in [-0.15, -0.1) is 0 Å². The fourth-order valence-corrected chi connectivity index (χ4v) is 1.22. The Morgan fingerprint density at radius 1 is 1.28 bits per heavy atom. The van der Waals surface area contributed by atoms with Crippen molar-refractivity contribution in [1.29, 1.82) is 0 Å². The van der Waals surface area contributed by atoms with E-state index in [0.717, 1.165) is 12.1 Å². The van der Waals surface area contributed by atoms with Crippen LogP contribution < -0.4 is 5.32 Å². The summed E-state index contributed by atoms with van der Waals surface area (Å²) < 4.78 is 26.3. The van der Waals surface area contributed by atoms with Crippen molar-refractivity contribution in [3.8, 4) is 0 Å². The summed E-state index contributed by atoms with van der Waals surface area (Å²) in [5.41, 5.74) is -0.403. The summed E-state index contributed by atoms with van der Waals surface area (Å²) in [6.07, 6.45) is -2.32. The Labute approximate surface area is 101 Å². The van der Waals surface area contributed by atoms with Gasteiger partial charge in [0, 0.05) is 5.56 Å². The number of carbonyl (C=O) groups excluding carboxylic acids is 1. The van der Waals surface area contributed by atoms with Crippen LogP contribution in [-0.4, -0.2) is 34.7 Å². The molecule has 7 heteroatoms. The van der Waals surface area contributed by atoms with E-state index in [9.17, 15) is 18.4 Å². The first-order valence-electron chi connectivity index (χ1n) is 5.02. The normalized spacial score (nSPS) is 11.9. The predicted octanol–water partition coefficient (Wildman–Crippen LogP) is 0.0690. The summed E-state index contributed by atoms with van der Waals surface area (Å²) in [7, 11) is 0. The van der Waals surface area contributed by atoms with Crippen molar-refractivity contribution in [1.82, 2.24) is 5.32 Å². The van der Waals surface area contributed by atoms with E-state index < -0.39 is 48.1 Å². The van der Waals surface area contributed by atoms with E-state index in [1.54, 1.807) is 0 Å². The average molecular weight is 259 g/mol. The van der Waals surface area contributed by atoms with Gasteiger partial charge in [-0.2, -0.15) is 0 Å². The van der Waals surface area contributed by atoms with Crippen LogP contribution in [0.15, 0.2) is 18.2 Å². The van der Waals surface area contributed by atoms with Gasteiger partial charge in [0.2, 0.25) is 5.91 Å². The summed E-state index contributed by atoms with van der Waals surface area (Å²) >= 11 is 0. The first kappa shape index (κ1) is 14.0. The zero-order valence-corrected chi connectivity index (χ0v) is 9.19. The van der Waals surface area contributed by atoms with Gasteiger partial charge in [0.05, 0.1) is 13.0 Å². The number of benzene rings is 1. The molecule has 1 aromatic rings. The minimum absolute atomic E-state index is 0.403. The summed E-state index contributed by atoms with van der Waals surface area (Å²) in [5.74, 6) is -3.99. The number of halogens is 2. The molecule has 0 radical (unpaired) electrons. The molecule has 0 spiro atoms. The Morgan fingerprint density at radius 2 is 1.83 bits per heavy atom. The molecule has 0 aliphatic carbocycles. The molecule has 0 bridgehead atoms. The van der Waals surface area contributed by atoms with E-state index in [2.05, 4.69) is 5.32 Å². The lowest BCUT2D eigenvalue weighted by molar-refractivity contribution is -0.146. The molecule has 1 rings (SSSR count). The Kier molecular flexibility index (Phi) is 4.73. The molecule has 0 fully saturated rings. The zero-order chi connectivity index (χ0) is 13.7. The minimum atomic E-state index is -1.75. The van der Waals surface area contributed by atoms with Crippen LogP contribution in [0.1, 0.15) is 5.56 Å². The van der Waals surface area contributed by atoms with Gasteiger partial charge in [0.1, 0.15) is 11.6 Å². The number of hydrogen-bond acceptors (Lipinski definition) is 3. The van der Waals surface area contributed by atoms with E-state index >= 15 is 0 Å². The van der Waals surface area contributed by atoms with E-state index in [-0.39, 0.29) is 0 Å². The third-order valence-electron chi connectivity index (χ3n) is 2.18. The van der Waals surface area contributed by atoms with Gasteiger partial charge in [-0.1, -0.05) is 6.07 Å². The molecule has 0 saturated carbocycles. The Balaban J connectivity index is 2.58. The first-order valence-corrected chi connectivity index (χ1v) is 5.02. The largest absolute Gasteiger partial charge is 0.479 e. The molecule has 1 aromatic carbocycles. The van der Waals surface area contributed by atoms with Crippen molar-refractivity contribution in [3.05, 3.63) is 35.4 Å². The molecule has 98 valence electrons. The predicted molar refractivity (Wildman–Crippen MR) is 56.7 cm³/mol. The van der Waals surface area contributed by atoms with Crippen LogP contribution >= 0.6 is 0 Å². The van der Waals surface area contributed by atoms with Crippen LogP contribution in [0.5, 0.6) is 0 Å². The van der Waals surface area contributed by atoms with E-state index in [1.165, 1.54) is 6.07 Å². The van der Waals surface area contributed by atoms with Gasteiger partial charge in [-0.05, 0) is 12.1 Å². The number of amides is 1. The van der Waals surface area contributed by atoms with E-state index in [0.29, 0.717) is 0 Å². The molecule has 5 nitrogen and oxygen atoms in total. The summed E-state index contributed by atoms with van der Waals surface area (Å²) in [4.78, 5) is 21.6. The van der Waals surface area contributed by atoms with E-state index in [4.69, 9.17) is 10.2 Å². The molecule has 0 aliphatic heterocycles. The van der Waals surface area contributed by atoms with Crippen LogP contribution in [-0.2, 0) is 16.0 Å². The first-order chi connectivity index (χ1) is 8.41. The number of carboxylic acid groups (broad SMARTS) is 1. The highest BCUT2D eigenvalue weighted by molar-refractivity contribution is 5.80. The molecule has 18 heavy (non-hydrogen) atoms. The maximum atomic E-state index is 13.2. The number of carboxylic acids is 1. The second-order valence-electron chi connectivity index (χ2n) is 3.54. The fraction of sp³-hybridized carbons (Fsp3) is 0.273. The molecular weight excluding hydrogens is 248 g/mol. The standard InChI is InChI=1S/C11H11F2NO4/c12-7-2-1-3-8(13)6(7)4-10(16)14-5-9(15)11(17)18/h1-3,9,15H,4-5H2,(H,14,16)(H,17,18)/t9-/m0/s1. The third-order valence-corrected chi connectivity index (χ3v) is 2.18. The lowest BCUT2D eigenvalue weighted by Crippen LogP contribution is -2.37. The maximum Gasteiger partial charge on any atom is 0.334 e. The van der Waals surface area contributed by atoms with Crippen molar-refractivity contribution in [3.63, 3.8) is 0 Å². The van der Waals surface area contributed by atoms with Crippen molar-refractivity contribution < 1.29 is 28.6 Å². The molecular formula is C11H11F2NO4. The molecule has 3 N–H and O–H groups in total. The summed E-state index contributed by atoms with van der Waals surface area (Å²) in [5, 5.41) is 19.3. The number of carbonyl (C=O) groups is 2. The summed E-state index contributed by atoms with van der Waals surface area (Å²) in [6, 6.07) is 3.19. The third kappa shape index (κ3) is 3.77. The van der Waals surface area contributed by atoms with Crippen molar-refractivity contribution in [2.75, 3.05) is 6.54 Å². The molecule has 0 aromatic heterocycles. The highest BCUT2D eigenvalue weighted by atomic mass is 19.1. The Bertz CT molecular complexity index is 444. The van der Waals surface area contributed by atoms with Crippen LogP contribution in [0, 0.1) is 11.6 Å². The number of hydrogen-bond donors (Lipinski definition) is 3. The minimum Gasteiger partial charge on any atom is -0.479 e. The average Bonchev–Trinajstić information content (AvgIpc) is 2.30. The highest BCUT2D eigenvalue weighted by Gasteiger charge is 2.16. The van der Waals surface area contributed by atoms with Crippen LogP contribution in [0.25, 0.3) is 0 Å². The number of aliphatic carboxylic acids is 1. The van der Waals surface area contributed by atoms with Crippen molar-refractivity contribution in [2.24, 2.45) is 0 Å². The molecule has 0 saturated heterocycles. The van der Waals surface area contributed by atoms with Crippen LogP contribution in [0.2, 0.25) is 0 Å². The molecule has 0 unspecified atom stereocenters.